The maximum atomic E-state index is 12.5. The number of hydrogen-bond acceptors (Lipinski definition) is 2. The van der Waals surface area contributed by atoms with Crippen molar-refractivity contribution in [2.45, 2.75) is 51.5 Å². The molecule has 1 heterocycles. The van der Waals surface area contributed by atoms with Gasteiger partial charge in [0.2, 0.25) is 0 Å². The average molecular weight is 313 g/mol. The van der Waals surface area contributed by atoms with Gasteiger partial charge in [-0.1, -0.05) is 30.3 Å². The number of nitrogens with one attached hydrogen (secondary N) is 1. The van der Waals surface area contributed by atoms with Crippen molar-refractivity contribution >= 4 is 17.2 Å². The zero-order valence-corrected chi connectivity index (χ0v) is 13.9. The Morgan fingerprint density at radius 1 is 1.23 bits per heavy atom. The van der Waals surface area contributed by atoms with Crippen LogP contribution in [0.4, 0.5) is 0 Å². The summed E-state index contributed by atoms with van der Waals surface area (Å²) in [7, 11) is 0. The number of carbonyl (C=O) groups is 1. The number of carbonyl (C=O) groups excluding carboxylic acids is 1. The standard InChI is InChI=1S/C19H23NOS/c1-14(11-12-15-7-3-2-4-8-15)20-19(21)17-13-22-18-10-6-5-9-16(17)18/h2-4,7-8,13-14H,5-6,9-12H2,1H3,(H,20,21)/t14-/m1/s1. The van der Waals surface area contributed by atoms with E-state index in [1.54, 1.807) is 11.3 Å². The number of fused-ring (bicyclic) bond motifs is 1. The molecule has 1 aromatic heterocycles. The third-order valence-corrected chi connectivity index (χ3v) is 5.48. The van der Waals surface area contributed by atoms with E-state index in [-0.39, 0.29) is 11.9 Å². The first-order chi connectivity index (χ1) is 10.7. The zero-order valence-electron chi connectivity index (χ0n) is 13.1. The largest absolute Gasteiger partial charge is 0.350 e. The quantitative estimate of drug-likeness (QED) is 0.872. The minimum atomic E-state index is 0.111. The van der Waals surface area contributed by atoms with Gasteiger partial charge in [0.25, 0.3) is 5.91 Å². The van der Waals surface area contributed by atoms with Crippen LogP contribution >= 0.6 is 11.3 Å². The number of aryl methyl sites for hydroxylation is 2. The molecule has 0 unspecified atom stereocenters. The van der Waals surface area contributed by atoms with Crippen LogP contribution in [0.2, 0.25) is 0 Å². The Morgan fingerprint density at radius 2 is 2.00 bits per heavy atom. The molecule has 0 saturated carbocycles. The molecule has 0 fully saturated rings. The van der Waals surface area contributed by atoms with Crippen molar-refractivity contribution in [2.75, 3.05) is 0 Å². The van der Waals surface area contributed by atoms with Crippen molar-refractivity contribution in [3.05, 3.63) is 57.3 Å². The van der Waals surface area contributed by atoms with Gasteiger partial charge in [-0.05, 0) is 56.6 Å². The molecule has 3 rings (SSSR count). The fourth-order valence-electron chi connectivity index (χ4n) is 3.09. The van der Waals surface area contributed by atoms with Gasteiger partial charge in [0.15, 0.2) is 0 Å². The molecule has 0 radical (unpaired) electrons. The van der Waals surface area contributed by atoms with E-state index in [1.807, 2.05) is 6.07 Å². The first kappa shape index (κ1) is 15.3. The van der Waals surface area contributed by atoms with E-state index >= 15 is 0 Å². The summed E-state index contributed by atoms with van der Waals surface area (Å²) in [6.45, 7) is 2.10. The van der Waals surface area contributed by atoms with E-state index in [1.165, 1.54) is 28.8 Å². The summed E-state index contributed by atoms with van der Waals surface area (Å²) in [4.78, 5) is 13.9. The van der Waals surface area contributed by atoms with E-state index in [4.69, 9.17) is 0 Å². The van der Waals surface area contributed by atoms with Gasteiger partial charge in [-0.2, -0.15) is 0 Å². The first-order valence-corrected chi connectivity index (χ1v) is 9.06. The normalized spacial score (nSPS) is 15.1. The van der Waals surface area contributed by atoms with Gasteiger partial charge in [0, 0.05) is 16.3 Å². The molecule has 0 spiro atoms. The Labute approximate surface area is 136 Å². The van der Waals surface area contributed by atoms with Crippen LogP contribution < -0.4 is 5.32 Å². The number of benzene rings is 1. The molecule has 0 bridgehead atoms. The van der Waals surface area contributed by atoms with Crippen molar-refractivity contribution in [2.24, 2.45) is 0 Å². The monoisotopic (exact) mass is 313 g/mol. The van der Waals surface area contributed by atoms with Gasteiger partial charge < -0.3 is 5.32 Å². The van der Waals surface area contributed by atoms with Gasteiger partial charge in [-0.3, -0.25) is 4.79 Å². The minimum Gasteiger partial charge on any atom is -0.350 e. The van der Waals surface area contributed by atoms with Gasteiger partial charge in [0.05, 0.1) is 5.56 Å². The number of rotatable bonds is 5. The molecule has 3 heteroatoms. The second-order valence-electron chi connectivity index (χ2n) is 6.16. The summed E-state index contributed by atoms with van der Waals surface area (Å²) in [5.74, 6) is 0.111. The van der Waals surface area contributed by atoms with E-state index in [0.29, 0.717) is 0 Å². The van der Waals surface area contributed by atoms with E-state index in [0.717, 1.165) is 31.2 Å². The van der Waals surface area contributed by atoms with Crippen molar-refractivity contribution in [3.8, 4) is 0 Å². The molecule has 1 aromatic carbocycles. The molecule has 1 atom stereocenters. The lowest BCUT2D eigenvalue weighted by molar-refractivity contribution is 0.0938. The van der Waals surface area contributed by atoms with Crippen LogP contribution in [0.25, 0.3) is 0 Å². The fraction of sp³-hybridized carbons (Fsp3) is 0.421. The first-order valence-electron chi connectivity index (χ1n) is 8.18. The third kappa shape index (κ3) is 3.58. The number of amides is 1. The minimum absolute atomic E-state index is 0.111. The maximum absolute atomic E-state index is 12.5. The van der Waals surface area contributed by atoms with Crippen LogP contribution in [0.1, 0.15) is 52.5 Å². The molecule has 0 aliphatic heterocycles. The molecule has 2 aromatic rings. The second-order valence-corrected chi connectivity index (χ2v) is 7.12. The summed E-state index contributed by atoms with van der Waals surface area (Å²) in [6.07, 6.45) is 6.68. The van der Waals surface area contributed by atoms with Crippen LogP contribution in [0, 0.1) is 0 Å². The molecule has 1 aliphatic rings. The zero-order chi connectivity index (χ0) is 15.4. The molecule has 22 heavy (non-hydrogen) atoms. The van der Waals surface area contributed by atoms with E-state index in [2.05, 4.69) is 41.9 Å². The molecule has 1 amide bonds. The second kappa shape index (κ2) is 7.10. The fourth-order valence-corrected chi connectivity index (χ4v) is 4.21. The van der Waals surface area contributed by atoms with Gasteiger partial charge >= 0.3 is 0 Å². The average Bonchev–Trinajstić information content (AvgIpc) is 2.98. The highest BCUT2D eigenvalue weighted by molar-refractivity contribution is 7.10. The Hall–Kier alpha value is -1.61. The van der Waals surface area contributed by atoms with Crippen LogP contribution in [-0.4, -0.2) is 11.9 Å². The van der Waals surface area contributed by atoms with Crippen molar-refractivity contribution in [3.63, 3.8) is 0 Å². The SMILES string of the molecule is C[C@H](CCc1ccccc1)NC(=O)c1csc2c1CCCC2. The van der Waals surface area contributed by atoms with Crippen molar-refractivity contribution < 1.29 is 4.79 Å². The third-order valence-electron chi connectivity index (χ3n) is 4.39. The van der Waals surface area contributed by atoms with Crippen LogP contribution in [0.3, 0.4) is 0 Å². The van der Waals surface area contributed by atoms with Gasteiger partial charge in [-0.15, -0.1) is 11.3 Å². The Kier molecular flexibility index (Phi) is 4.94. The highest BCUT2D eigenvalue weighted by atomic mass is 32.1. The molecular formula is C19H23NOS. The lowest BCUT2D eigenvalue weighted by Crippen LogP contribution is -2.33. The van der Waals surface area contributed by atoms with Crippen molar-refractivity contribution in [1.82, 2.24) is 5.32 Å². The van der Waals surface area contributed by atoms with Crippen LogP contribution in [0.5, 0.6) is 0 Å². The van der Waals surface area contributed by atoms with Gasteiger partial charge in [-0.25, -0.2) is 0 Å². The summed E-state index contributed by atoms with van der Waals surface area (Å²) >= 11 is 1.76. The highest BCUT2D eigenvalue weighted by Gasteiger charge is 2.20. The molecule has 0 saturated heterocycles. The molecule has 116 valence electrons. The van der Waals surface area contributed by atoms with Gasteiger partial charge in [0.1, 0.15) is 0 Å². The Balaban J connectivity index is 1.56. The molecule has 2 nitrogen and oxygen atoms in total. The summed E-state index contributed by atoms with van der Waals surface area (Å²) < 4.78 is 0. The lowest BCUT2D eigenvalue weighted by atomic mass is 9.95. The summed E-state index contributed by atoms with van der Waals surface area (Å²) in [5.41, 5.74) is 3.56. The number of hydrogen-bond donors (Lipinski definition) is 1. The summed E-state index contributed by atoms with van der Waals surface area (Å²) in [6, 6.07) is 10.7. The number of thiophene rings is 1. The lowest BCUT2D eigenvalue weighted by Gasteiger charge is -2.16. The molecular weight excluding hydrogens is 290 g/mol. The molecule has 1 aliphatic carbocycles. The van der Waals surface area contributed by atoms with E-state index in [9.17, 15) is 4.79 Å². The summed E-state index contributed by atoms with van der Waals surface area (Å²) in [5, 5.41) is 5.22. The topological polar surface area (TPSA) is 29.1 Å². The highest BCUT2D eigenvalue weighted by Crippen LogP contribution is 2.30. The predicted octanol–water partition coefficient (Wildman–Crippen LogP) is 4.38. The Morgan fingerprint density at radius 3 is 2.82 bits per heavy atom. The predicted molar refractivity (Wildman–Crippen MR) is 92.7 cm³/mol. The Bertz CT molecular complexity index is 632. The maximum Gasteiger partial charge on any atom is 0.252 e. The van der Waals surface area contributed by atoms with Crippen LogP contribution in [-0.2, 0) is 19.3 Å². The van der Waals surface area contributed by atoms with Crippen molar-refractivity contribution in [1.29, 1.82) is 0 Å². The smallest absolute Gasteiger partial charge is 0.252 e. The van der Waals surface area contributed by atoms with E-state index < -0.39 is 0 Å². The molecule has 1 N–H and O–H groups in total. The van der Waals surface area contributed by atoms with Crippen LogP contribution in [0.15, 0.2) is 35.7 Å².